The lowest BCUT2D eigenvalue weighted by molar-refractivity contribution is -0.117. The van der Waals surface area contributed by atoms with Gasteiger partial charge in [-0.15, -0.1) is 0 Å². The van der Waals surface area contributed by atoms with Crippen LogP contribution in [0.2, 0.25) is 0 Å². The van der Waals surface area contributed by atoms with Gasteiger partial charge < -0.3 is 10.2 Å². The van der Waals surface area contributed by atoms with Gasteiger partial charge in [-0.05, 0) is 77.3 Å². The smallest absolute Gasteiger partial charge is 0.287 e. The number of rotatable bonds is 10. The Morgan fingerprint density at radius 3 is 2.03 bits per heavy atom. The van der Waals surface area contributed by atoms with E-state index in [2.05, 4.69) is 50.5 Å². The molecule has 3 rings (SSSR count). The molecule has 0 saturated carbocycles. The van der Waals surface area contributed by atoms with Gasteiger partial charge in [-0.1, -0.05) is 60.7 Å². The number of benzene rings is 3. The molecule has 184 valence electrons. The summed E-state index contributed by atoms with van der Waals surface area (Å²) >= 11 is 3.43. The van der Waals surface area contributed by atoms with Crippen LogP contribution in [0.3, 0.4) is 0 Å². The van der Waals surface area contributed by atoms with Gasteiger partial charge >= 0.3 is 0 Å². The highest BCUT2D eigenvalue weighted by Gasteiger charge is 2.14. The van der Waals surface area contributed by atoms with Gasteiger partial charge in [-0.25, -0.2) is 5.43 Å². The summed E-state index contributed by atoms with van der Waals surface area (Å²) in [4.78, 5) is 28.0. The molecule has 3 aromatic rings. The fourth-order valence-electron chi connectivity index (χ4n) is 3.44. The van der Waals surface area contributed by atoms with Crippen LogP contribution in [0.5, 0.6) is 0 Å². The summed E-state index contributed by atoms with van der Waals surface area (Å²) in [5, 5.41) is 6.75. The third-order valence-corrected chi connectivity index (χ3v) is 5.75. The van der Waals surface area contributed by atoms with Crippen molar-refractivity contribution in [3.8, 4) is 0 Å². The van der Waals surface area contributed by atoms with E-state index >= 15 is 0 Å². The summed E-state index contributed by atoms with van der Waals surface area (Å²) in [6.45, 7) is 6.01. The van der Waals surface area contributed by atoms with E-state index in [9.17, 15) is 9.59 Å². The molecule has 0 aliphatic carbocycles. The number of carbonyl (C=O) groups is 2. The third-order valence-electron chi connectivity index (χ3n) is 5.32. The van der Waals surface area contributed by atoms with Crippen molar-refractivity contribution in [1.82, 2.24) is 10.7 Å². The van der Waals surface area contributed by atoms with Gasteiger partial charge in [0.25, 0.3) is 11.8 Å². The molecule has 6 nitrogen and oxygen atoms in total. The van der Waals surface area contributed by atoms with E-state index in [0.717, 1.165) is 29.9 Å². The summed E-state index contributed by atoms with van der Waals surface area (Å²) in [6, 6.07) is 26.3. The molecule has 0 saturated heterocycles. The van der Waals surface area contributed by atoms with Crippen molar-refractivity contribution in [3.05, 3.63) is 112 Å². The quantitative estimate of drug-likeness (QED) is 0.191. The molecule has 0 atom stereocenters. The predicted octanol–water partition coefficient (Wildman–Crippen LogP) is 5.84. The Balaban J connectivity index is 1.79. The number of hydrogen-bond acceptors (Lipinski definition) is 4. The summed E-state index contributed by atoms with van der Waals surface area (Å²) < 4.78 is 0.680. The van der Waals surface area contributed by atoms with Gasteiger partial charge in [-0.2, -0.15) is 5.10 Å². The number of amides is 2. The largest absolute Gasteiger partial charge is 0.372 e. The van der Waals surface area contributed by atoms with Gasteiger partial charge in [0, 0.05) is 28.8 Å². The molecule has 2 amide bonds. The highest BCUT2D eigenvalue weighted by Crippen LogP contribution is 2.17. The number of halogens is 1. The third kappa shape index (κ3) is 8.06. The fourth-order valence-corrected chi connectivity index (χ4v) is 3.80. The molecule has 3 aromatic carbocycles. The first-order valence-corrected chi connectivity index (χ1v) is 12.5. The Morgan fingerprint density at radius 1 is 0.833 bits per heavy atom. The molecule has 0 fully saturated rings. The van der Waals surface area contributed by atoms with Crippen LogP contribution >= 0.6 is 15.9 Å². The number of hydrogen-bond donors (Lipinski definition) is 2. The molecule has 36 heavy (non-hydrogen) atoms. The second-order valence-corrected chi connectivity index (χ2v) is 8.70. The van der Waals surface area contributed by atoms with E-state index in [1.807, 2.05) is 66.7 Å². The highest BCUT2D eigenvalue weighted by atomic mass is 79.9. The zero-order valence-corrected chi connectivity index (χ0v) is 21.9. The lowest BCUT2D eigenvalue weighted by atomic mass is 10.1. The minimum absolute atomic E-state index is 0.0831. The van der Waals surface area contributed by atoms with Crippen molar-refractivity contribution < 1.29 is 9.59 Å². The lowest BCUT2D eigenvalue weighted by Crippen LogP contribution is -2.32. The van der Waals surface area contributed by atoms with Crippen molar-refractivity contribution in [3.63, 3.8) is 0 Å². The van der Waals surface area contributed by atoms with Gasteiger partial charge in [0.2, 0.25) is 0 Å². The lowest BCUT2D eigenvalue weighted by Gasteiger charge is -2.20. The van der Waals surface area contributed by atoms with Gasteiger partial charge in [0.1, 0.15) is 5.70 Å². The van der Waals surface area contributed by atoms with E-state index in [4.69, 9.17) is 0 Å². The fraction of sp³-hybridized carbons (Fsp3) is 0.138. The SMILES string of the molecule is CCN(CC)c1ccc(/C=C(\NC(=O)c2ccccc2)C(=O)N/N=C\C(Br)=C\c2ccccc2)cc1. The van der Waals surface area contributed by atoms with Crippen LogP contribution in [0.15, 0.2) is 100 Å². The molecule has 0 spiro atoms. The molecule has 7 heteroatoms. The molecule has 0 unspecified atom stereocenters. The molecule has 0 aliphatic rings. The summed E-state index contributed by atoms with van der Waals surface area (Å²) in [7, 11) is 0. The van der Waals surface area contributed by atoms with Crippen LogP contribution in [-0.2, 0) is 4.79 Å². The Kier molecular flexibility index (Phi) is 10.2. The average molecular weight is 545 g/mol. The number of carbonyl (C=O) groups excluding carboxylic acids is 2. The van der Waals surface area contributed by atoms with E-state index in [-0.39, 0.29) is 11.6 Å². The van der Waals surface area contributed by atoms with Gasteiger partial charge in [0.15, 0.2) is 0 Å². The van der Waals surface area contributed by atoms with Crippen molar-refractivity contribution >= 4 is 51.8 Å². The standard InChI is InChI=1S/C29H29BrN4O2/c1-3-34(4-2)26-17-15-23(16-18-26)20-27(32-28(35)24-13-9-6-10-14-24)29(36)33-31-21-25(30)19-22-11-7-5-8-12-22/h5-21H,3-4H2,1-2H3,(H,32,35)(H,33,36)/b25-19-,27-20-,31-21-. The minimum atomic E-state index is -0.539. The second kappa shape index (κ2) is 13.8. The van der Waals surface area contributed by atoms with Crippen molar-refractivity contribution in [2.24, 2.45) is 5.10 Å². The highest BCUT2D eigenvalue weighted by molar-refractivity contribution is 9.12. The Morgan fingerprint density at radius 2 is 1.42 bits per heavy atom. The van der Waals surface area contributed by atoms with Crippen molar-refractivity contribution in [2.75, 3.05) is 18.0 Å². The molecule has 0 aromatic heterocycles. The van der Waals surface area contributed by atoms with E-state index in [1.54, 1.807) is 30.3 Å². The number of allylic oxidation sites excluding steroid dienone is 1. The van der Waals surface area contributed by atoms with Crippen LogP contribution in [-0.4, -0.2) is 31.1 Å². The van der Waals surface area contributed by atoms with E-state index < -0.39 is 5.91 Å². The Hall–Kier alpha value is -3.97. The predicted molar refractivity (Wildman–Crippen MR) is 152 cm³/mol. The first-order chi connectivity index (χ1) is 17.5. The number of nitrogens with zero attached hydrogens (tertiary/aromatic N) is 2. The summed E-state index contributed by atoms with van der Waals surface area (Å²) in [6.07, 6.45) is 4.99. The molecule has 0 aliphatic heterocycles. The summed E-state index contributed by atoms with van der Waals surface area (Å²) in [5.74, 6) is -0.922. The molecule has 0 radical (unpaired) electrons. The average Bonchev–Trinajstić information content (AvgIpc) is 2.91. The molecular weight excluding hydrogens is 516 g/mol. The van der Waals surface area contributed by atoms with Crippen LogP contribution in [0.4, 0.5) is 5.69 Å². The zero-order valence-electron chi connectivity index (χ0n) is 20.3. The first kappa shape index (κ1) is 26.6. The van der Waals surface area contributed by atoms with E-state index in [1.165, 1.54) is 6.21 Å². The normalized spacial score (nSPS) is 11.9. The first-order valence-electron chi connectivity index (χ1n) is 11.7. The maximum absolute atomic E-state index is 13.0. The van der Waals surface area contributed by atoms with Crippen LogP contribution in [0.1, 0.15) is 35.3 Å². The number of hydrazone groups is 1. The molecule has 0 bridgehead atoms. The molecule has 0 heterocycles. The van der Waals surface area contributed by atoms with Crippen molar-refractivity contribution in [2.45, 2.75) is 13.8 Å². The topological polar surface area (TPSA) is 73.8 Å². The number of anilines is 1. The van der Waals surface area contributed by atoms with Gasteiger partial charge in [0.05, 0.1) is 6.21 Å². The molecule has 2 N–H and O–H groups in total. The monoisotopic (exact) mass is 544 g/mol. The maximum atomic E-state index is 13.0. The Labute approximate surface area is 220 Å². The zero-order chi connectivity index (χ0) is 25.8. The van der Waals surface area contributed by atoms with Crippen LogP contribution < -0.4 is 15.6 Å². The number of nitrogens with one attached hydrogen (secondary N) is 2. The molecular formula is C29H29BrN4O2. The van der Waals surface area contributed by atoms with E-state index in [0.29, 0.717) is 10.0 Å². The Bertz CT molecular complexity index is 1230. The summed E-state index contributed by atoms with van der Waals surface area (Å²) in [5.41, 5.74) is 5.89. The van der Waals surface area contributed by atoms with Crippen LogP contribution in [0.25, 0.3) is 12.2 Å². The second-order valence-electron chi connectivity index (χ2n) is 7.78. The minimum Gasteiger partial charge on any atom is -0.372 e. The van der Waals surface area contributed by atoms with Crippen LogP contribution in [0, 0.1) is 0 Å². The maximum Gasteiger partial charge on any atom is 0.287 e. The van der Waals surface area contributed by atoms with Crippen molar-refractivity contribution in [1.29, 1.82) is 0 Å². The van der Waals surface area contributed by atoms with Gasteiger partial charge in [-0.3, -0.25) is 9.59 Å².